The first-order chi connectivity index (χ1) is 11.5. The highest BCUT2D eigenvalue weighted by Gasteiger charge is 2.28. The first-order valence-electron chi connectivity index (χ1n) is 7.77. The van der Waals surface area contributed by atoms with Crippen LogP contribution in [0.1, 0.15) is 10.4 Å². The second-order valence-corrected chi connectivity index (χ2v) is 6.03. The van der Waals surface area contributed by atoms with Gasteiger partial charge in [-0.05, 0) is 25.2 Å². The van der Waals surface area contributed by atoms with Crippen LogP contribution < -0.4 is 5.73 Å². The first-order valence-corrected chi connectivity index (χ1v) is 7.77. The van der Waals surface area contributed by atoms with Crippen molar-refractivity contribution in [2.45, 2.75) is 0 Å². The van der Waals surface area contributed by atoms with Crippen molar-refractivity contribution in [2.24, 2.45) is 11.7 Å². The van der Waals surface area contributed by atoms with Gasteiger partial charge in [0.1, 0.15) is 12.7 Å². The molecule has 126 valence electrons. The van der Waals surface area contributed by atoms with E-state index in [1.807, 2.05) is 24.1 Å². The number of benzene rings is 1. The molecule has 2 heterocycles. The minimum Gasteiger partial charge on any atom is -0.369 e. The average molecular weight is 328 g/mol. The van der Waals surface area contributed by atoms with Gasteiger partial charge in [0.25, 0.3) is 5.91 Å². The van der Waals surface area contributed by atoms with Gasteiger partial charge in [0.05, 0.1) is 5.92 Å². The van der Waals surface area contributed by atoms with E-state index in [1.54, 1.807) is 34.3 Å². The molecule has 8 heteroatoms. The number of likely N-dealkylation sites (N-methyl/N-ethyl adjacent to an activating group) is 1. The number of hydrogen-bond donors (Lipinski definition) is 1. The van der Waals surface area contributed by atoms with Gasteiger partial charge in [0.2, 0.25) is 5.91 Å². The van der Waals surface area contributed by atoms with Gasteiger partial charge in [-0.3, -0.25) is 14.2 Å². The van der Waals surface area contributed by atoms with E-state index in [2.05, 4.69) is 10.2 Å². The van der Waals surface area contributed by atoms with Gasteiger partial charge in [-0.15, -0.1) is 10.2 Å². The van der Waals surface area contributed by atoms with Crippen LogP contribution in [0.15, 0.2) is 36.9 Å². The molecule has 1 aliphatic rings. The Hall–Kier alpha value is -2.74. The Morgan fingerprint density at radius 1 is 1.17 bits per heavy atom. The smallest absolute Gasteiger partial charge is 0.253 e. The molecular weight excluding hydrogens is 308 g/mol. The Morgan fingerprint density at radius 2 is 1.92 bits per heavy atom. The van der Waals surface area contributed by atoms with E-state index in [4.69, 9.17) is 5.73 Å². The normalized spacial score (nSPS) is 19.0. The van der Waals surface area contributed by atoms with Gasteiger partial charge >= 0.3 is 0 Å². The summed E-state index contributed by atoms with van der Waals surface area (Å²) in [6.07, 6.45) is 3.15. The van der Waals surface area contributed by atoms with Crippen LogP contribution in [-0.2, 0) is 4.79 Å². The van der Waals surface area contributed by atoms with Gasteiger partial charge in [0.15, 0.2) is 0 Å². The fourth-order valence-electron chi connectivity index (χ4n) is 2.85. The molecule has 1 aromatic carbocycles. The van der Waals surface area contributed by atoms with Gasteiger partial charge in [-0.1, -0.05) is 6.07 Å². The molecule has 1 aliphatic heterocycles. The summed E-state index contributed by atoms with van der Waals surface area (Å²) in [5, 5.41) is 7.55. The molecule has 1 unspecified atom stereocenters. The van der Waals surface area contributed by atoms with Crippen molar-refractivity contribution in [1.29, 1.82) is 0 Å². The molecular formula is C16H20N6O2. The third kappa shape index (κ3) is 3.43. The summed E-state index contributed by atoms with van der Waals surface area (Å²) in [6.45, 7) is 2.19. The molecule has 0 radical (unpaired) electrons. The monoisotopic (exact) mass is 328 g/mol. The predicted octanol–water partition coefficient (Wildman–Crippen LogP) is -0.244. The number of carbonyl (C=O) groups is 2. The van der Waals surface area contributed by atoms with E-state index in [0.717, 1.165) is 5.69 Å². The predicted molar refractivity (Wildman–Crippen MR) is 87.4 cm³/mol. The van der Waals surface area contributed by atoms with Crippen molar-refractivity contribution in [3.8, 4) is 5.69 Å². The number of amides is 2. The van der Waals surface area contributed by atoms with Crippen molar-refractivity contribution < 1.29 is 9.59 Å². The first kappa shape index (κ1) is 16.1. The van der Waals surface area contributed by atoms with Crippen molar-refractivity contribution >= 4 is 11.8 Å². The Bertz CT molecular complexity index is 730. The van der Waals surface area contributed by atoms with E-state index in [0.29, 0.717) is 31.7 Å². The topological polar surface area (TPSA) is 97.3 Å². The fraction of sp³-hybridized carbons (Fsp3) is 0.375. The van der Waals surface area contributed by atoms with E-state index >= 15 is 0 Å². The third-order valence-electron chi connectivity index (χ3n) is 4.22. The largest absolute Gasteiger partial charge is 0.369 e. The Kier molecular flexibility index (Phi) is 4.57. The van der Waals surface area contributed by atoms with Gasteiger partial charge in [-0.25, -0.2) is 0 Å². The molecule has 0 bridgehead atoms. The highest BCUT2D eigenvalue weighted by atomic mass is 16.2. The van der Waals surface area contributed by atoms with Crippen molar-refractivity contribution in [3.05, 3.63) is 42.5 Å². The van der Waals surface area contributed by atoms with Crippen LogP contribution in [0.4, 0.5) is 0 Å². The minimum absolute atomic E-state index is 0.105. The Labute approximate surface area is 139 Å². The molecule has 1 saturated heterocycles. The number of carbonyl (C=O) groups excluding carboxylic acids is 2. The minimum atomic E-state index is -0.375. The lowest BCUT2D eigenvalue weighted by molar-refractivity contribution is -0.122. The molecule has 0 aliphatic carbocycles. The van der Waals surface area contributed by atoms with Crippen LogP contribution in [0, 0.1) is 5.92 Å². The summed E-state index contributed by atoms with van der Waals surface area (Å²) in [7, 11) is 1.93. The molecule has 2 N–H and O–H groups in total. The highest BCUT2D eigenvalue weighted by Crippen LogP contribution is 2.15. The van der Waals surface area contributed by atoms with Gasteiger partial charge < -0.3 is 15.5 Å². The fourth-order valence-corrected chi connectivity index (χ4v) is 2.85. The second kappa shape index (κ2) is 6.79. The number of primary amides is 1. The average Bonchev–Trinajstić information content (AvgIpc) is 3.04. The Balaban J connectivity index is 1.83. The molecule has 1 atom stereocenters. The van der Waals surface area contributed by atoms with Crippen LogP contribution >= 0.6 is 0 Å². The molecule has 1 aromatic heterocycles. The lowest BCUT2D eigenvalue weighted by Gasteiger charge is -2.23. The van der Waals surface area contributed by atoms with Crippen LogP contribution in [0.3, 0.4) is 0 Å². The van der Waals surface area contributed by atoms with Crippen molar-refractivity contribution in [3.63, 3.8) is 0 Å². The molecule has 2 amide bonds. The molecule has 0 spiro atoms. The number of aromatic nitrogens is 3. The van der Waals surface area contributed by atoms with Gasteiger partial charge in [-0.2, -0.15) is 0 Å². The summed E-state index contributed by atoms with van der Waals surface area (Å²) in [4.78, 5) is 28.2. The van der Waals surface area contributed by atoms with E-state index in [-0.39, 0.29) is 17.7 Å². The molecule has 0 saturated carbocycles. The molecule has 8 nitrogen and oxygen atoms in total. The van der Waals surface area contributed by atoms with E-state index < -0.39 is 0 Å². The van der Waals surface area contributed by atoms with E-state index in [9.17, 15) is 9.59 Å². The van der Waals surface area contributed by atoms with Crippen molar-refractivity contribution in [1.82, 2.24) is 24.6 Å². The van der Waals surface area contributed by atoms with E-state index in [1.165, 1.54) is 0 Å². The molecule has 1 fully saturated rings. The zero-order chi connectivity index (χ0) is 17.1. The third-order valence-corrected chi connectivity index (χ3v) is 4.22. The highest BCUT2D eigenvalue weighted by molar-refractivity contribution is 5.95. The SMILES string of the molecule is CN1CCN(C(=O)c2cccc(-n3cnnc3)c2)CC(C(N)=O)C1. The second-order valence-electron chi connectivity index (χ2n) is 6.03. The number of rotatable bonds is 3. The quantitative estimate of drug-likeness (QED) is 0.838. The maximum absolute atomic E-state index is 12.9. The standard InChI is InChI=1S/C16H20N6O2/c1-20-5-6-21(9-13(8-20)15(17)23)16(24)12-3-2-4-14(7-12)22-10-18-19-11-22/h2-4,7,10-11,13H,5-6,8-9H2,1H3,(H2,17,23). The lowest BCUT2D eigenvalue weighted by Crippen LogP contribution is -2.40. The zero-order valence-electron chi connectivity index (χ0n) is 13.5. The summed E-state index contributed by atoms with van der Waals surface area (Å²) >= 11 is 0. The maximum Gasteiger partial charge on any atom is 0.253 e. The molecule has 3 rings (SSSR count). The van der Waals surface area contributed by atoms with Crippen LogP contribution in [-0.4, -0.2) is 69.6 Å². The summed E-state index contributed by atoms with van der Waals surface area (Å²) in [6, 6.07) is 7.25. The summed E-state index contributed by atoms with van der Waals surface area (Å²) in [5.74, 6) is -0.839. The summed E-state index contributed by atoms with van der Waals surface area (Å²) in [5.41, 5.74) is 6.84. The van der Waals surface area contributed by atoms with Crippen LogP contribution in [0.25, 0.3) is 5.69 Å². The van der Waals surface area contributed by atoms with Crippen LogP contribution in [0.5, 0.6) is 0 Å². The number of nitrogens with zero attached hydrogens (tertiary/aromatic N) is 5. The lowest BCUT2D eigenvalue weighted by atomic mass is 10.1. The van der Waals surface area contributed by atoms with Crippen molar-refractivity contribution in [2.75, 3.05) is 33.2 Å². The maximum atomic E-state index is 12.9. The van der Waals surface area contributed by atoms with Gasteiger partial charge in [0, 0.05) is 37.4 Å². The molecule has 2 aromatic rings. The summed E-state index contributed by atoms with van der Waals surface area (Å²) < 4.78 is 1.74. The molecule has 24 heavy (non-hydrogen) atoms. The number of nitrogens with two attached hydrogens (primary N) is 1. The number of hydrogen-bond acceptors (Lipinski definition) is 5. The van der Waals surface area contributed by atoms with Crippen LogP contribution in [0.2, 0.25) is 0 Å². The zero-order valence-corrected chi connectivity index (χ0v) is 13.5. The Morgan fingerprint density at radius 3 is 2.62 bits per heavy atom.